The lowest BCUT2D eigenvalue weighted by Gasteiger charge is -2.31. The Labute approximate surface area is 99.4 Å². The maximum Gasteiger partial charge on any atom is 0.389 e. The Morgan fingerprint density at radius 2 is 2.06 bits per heavy atom. The molecule has 0 radical (unpaired) electrons. The molecule has 17 heavy (non-hydrogen) atoms. The van der Waals surface area contributed by atoms with Gasteiger partial charge in [-0.25, -0.2) is 0 Å². The molecule has 0 aromatic carbocycles. The fraction of sp³-hybridized carbons (Fsp3) is 0.909. The first-order chi connectivity index (χ1) is 7.79. The van der Waals surface area contributed by atoms with Crippen molar-refractivity contribution in [2.24, 2.45) is 5.92 Å². The zero-order chi connectivity index (χ0) is 13.1. The van der Waals surface area contributed by atoms with Crippen LogP contribution in [0.2, 0.25) is 0 Å². The first kappa shape index (κ1) is 14.3. The number of alkyl halides is 3. The van der Waals surface area contributed by atoms with Crippen LogP contribution in [0.25, 0.3) is 0 Å². The van der Waals surface area contributed by atoms with E-state index in [4.69, 9.17) is 0 Å². The Balaban J connectivity index is 2.41. The molecule has 1 aliphatic rings. The summed E-state index contributed by atoms with van der Waals surface area (Å²) in [6, 6.07) is -0.322. The SMILES string of the molecule is CN(C)C(=O)C1CC(CCC(F)(F)F)CCN1. The summed E-state index contributed by atoms with van der Waals surface area (Å²) in [5, 5.41) is 3.05. The van der Waals surface area contributed by atoms with E-state index in [2.05, 4.69) is 5.32 Å². The molecule has 0 aromatic heterocycles. The zero-order valence-electron chi connectivity index (χ0n) is 10.2. The van der Waals surface area contributed by atoms with Crippen molar-refractivity contribution in [1.82, 2.24) is 10.2 Å². The van der Waals surface area contributed by atoms with E-state index in [1.54, 1.807) is 14.1 Å². The predicted octanol–water partition coefficient (Wildman–Crippen LogP) is 1.79. The van der Waals surface area contributed by atoms with Crippen molar-refractivity contribution in [3.05, 3.63) is 0 Å². The lowest BCUT2D eigenvalue weighted by molar-refractivity contribution is -0.138. The number of carbonyl (C=O) groups excluding carboxylic acids is 1. The molecule has 1 heterocycles. The van der Waals surface area contributed by atoms with Crippen molar-refractivity contribution < 1.29 is 18.0 Å². The van der Waals surface area contributed by atoms with E-state index in [-0.39, 0.29) is 24.3 Å². The number of nitrogens with zero attached hydrogens (tertiary/aromatic N) is 1. The monoisotopic (exact) mass is 252 g/mol. The number of halogens is 3. The summed E-state index contributed by atoms with van der Waals surface area (Å²) < 4.78 is 36.3. The van der Waals surface area contributed by atoms with Crippen molar-refractivity contribution in [2.75, 3.05) is 20.6 Å². The molecule has 1 amide bonds. The van der Waals surface area contributed by atoms with Gasteiger partial charge in [0, 0.05) is 20.5 Å². The number of likely N-dealkylation sites (N-methyl/N-ethyl adjacent to an activating group) is 1. The number of carbonyl (C=O) groups is 1. The van der Waals surface area contributed by atoms with Crippen molar-refractivity contribution >= 4 is 5.91 Å². The van der Waals surface area contributed by atoms with Gasteiger partial charge in [0.2, 0.25) is 5.91 Å². The standard InChI is InChI=1S/C11H19F3N2O/c1-16(2)10(17)9-7-8(4-6-15-9)3-5-11(12,13)14/h8-9,15H,3-7H2,1-2H3. The maximum absolute atomic E-state index is 12.1. The molecular weight excluding hydrogens is 233 g/mol. The molecular formula is C11H19F3N2O. The number of rotatable bonds is 3. The third-order valence-corrected chi connectivity index (χ3v) is 3.09. The van der Waals surface area contributed by atoms with Gasteiger partial charge in [0.05, 0.1) is 6.04 Å². The van der Waals surface area contributed by atoms with Gasteiger partial charge in [-0.15, -0.1) is 0 Å². The van der Waals surface area contributed by atoms with E-state index in [1.165, 1.54) is 4.90 Å². The van der Waals surface area contributed by atoms with Crippen molar-refractivity contribution in [3.8, 4) is 0 Å². The minimum atomic E-state index is -4.09. The van der Waals surface area contributed by atoms with E-state index in [0.29, 0.717) is 19.4 Å². The maximum atomic E-state index is 12.1. The summed E-state index contributed by atoms with van der Waals surface area (Å²) in [5.74, 6) is -0.0616. The van der Waals surface area contributed by atoms with E-state index in [9.17, 15) is 18.0 Å². The van der Waals surface area contributed by atoms with Gasteiger partial charge in [0.1, 0.15) is 0 Å². The topological polar surface area (TPSA) is 32.3 Å². The van der Waals surface area contributed by atoms with Gasteiger partial charge in [-0.1, -0.05) is 0 Å². The van der Waals surface area contributed by atoms with Crippen LogP contribution in [0.5, 0.6) is 0 Å². The molecule has 3 nitrogen and oxygen atoms in total. The zero-order valence-corrected chi connectivity index (χ0v) is 10.2. The highest BCUT2D eigenvalue weighted by Crippen LogP contribution is 2.29. The summed E-state index contributed by atoms with van der Waals surface area (Å²) in [7, 11) is 3.31. The van der Waals surface area contributed by atoms with Crippen LogP contribution in [0, 0.1) is 5.92 Å². The smallest absolute Gasteiger partial charge is 0.347 e. The Hall–Kier alpha value is -0.780. The highest BCUT2D eigenvalue weighted by atomic mass is 19.4. The van der Waals surface area contributed by atoms with Gasteiger partial charge >= 0.3 is 6.18 Å². The third kappa shape index (κ3) is 4.93. The van der Waals surface area contributed by atoms with E-state index < -0.39 is 12.6 Å². The van der Waals surface area contributed by atoms with Crippen LogP contribution in [0.15, 0.2) is 0 Å². The number of amides is 1. The van der Waals surface area contributed by atoms with Gasteiger partial charge in [0.25, 0.3) is 0 Å². The minimum Gasteiger partial charge on any atom is -0.347 e. The van der Waals surface area contributed by atoms with Crippen LogP contribution in [0.1, 0.15) is 25.7 Å². The summed E-state index contributed by atoms with van der Waals surface area (Å²) in [6.45, 7) is 0.618. The first-order valence-corrected chi connectivity index (χ1v) is 5.81. The highest BCUT2D eigenvalue weighted by molar-refractivity contribution is 5.81. The Morgan fingerprint density at radius 1 is 1.41 bits per heavy atom. The molecule has 1 rings (SSSR count). The lowest BCUT2D eigenvalue weighted by Crippen LogP contribution is -2.48. The van der Waals surface area contributed by atoms with E-state index in [1.807, 2.05) is 0 Å². The van der Waals surface area contributed by atoms with Crippen molar-refractivity contribution in [1.29, 1.82) is 0 Å². The number of hydrogen-bond donors (Lipinski definition) is 1. The normalized spacial score (nSPS) is 25.7. The van der Waals surface area contributed by atoms with Gasteiger partial charge < -0.3 is 10.2 Å². The summed E-state index contributed by atoms with van der Waals surface area (Å²) >= 11 is 0. The lowest BCUT2D eigenvalue weighted by atomic mass is 9.88. The quantitative estimate of drug-likeness (QED) is 0.830. The van der Waals surface area contributed by atoms with Crippen LogP contribution in [0.3, 0.4) is 0 Å². The second kappa shape index (κ2) is 5.71. The van der Waals surface area contributed by atoms with E-state index >= 15 is 0 Å². The number of piperidine rings is 1. The van der Waals surface area contributed by atoms with Gasteiger partial charge in [-0.2, -0.15) is 13.2 Å². The first-order valence-electron chi connectivity index (χ1n) is 5.81. The fourth-order valence-corrected chi connectivity index (χ4v) is 2.13. The van der Waals surface area contributed by atoms with Crippen LogP contribution < -0.4 is 5.32 Å². The number of hydrogen-bond acceptors (Lipinski definition) is 2. The molecule has 1 N–H and O–H groups in total. The van der Waals surface area contributed by atoms with Crippen molar-refractivity contribution in [3.63, 3.8) is 0 Å². The van der Waals surface area contributed by atoms with Crippen LogP contribution in [-0.2, 0) is 4.79 Å². The molecule has 0 aromatic rings. The molecule has 1 saturated heterocycles. The van der Waals surface area contributed by atoms with Crippen molar-refractivity contribution in [2.45, 2.75) is 37.9 Å². The van der Waals surface area contributed by atoms with Crippen LogP contribution in [-0.4, -0.2) is 43.7 Å². The van der Waals surface area contributed by atoms with Crippen LogP contribution >= 0.6 is 0 Å². The van der Waals surface area contributed by atoms with Gasteiger partial charge in [0.15, 0.2) is 0 Å². The minimum absolute atomic E-state index is 0.00762. The summed E-state index contributed by atoms with van der Waals surface area (Å²) in [6.07, 6.45) is -3.49. The predicted molar refractivity (Wildman–Crippen MR) is 58.5 cm³/mol. The molecule has 6 heteroatoms. The molecule has 0 saturated carbocycles. The number of nitrogens with one attached hydrogen (secondary N) is 1. The average Bonchev–Trinajstić information content (AvgIpc) is 2.24. The Morgan fingerprint density at radius 3 is 2.59 bits per heavy atom. The summed E-state index contributed by atoms with van der Waals surface area (Å²) in [4.78, 5) is 13.2. The average molecular weight is 252 g/mol. The molecule has 2 atom stereocenters. The second-order valence-electron chi connectivity index (χ2n) is 4.78. The molecule has 0 spiro atoms. The molecule has 0 aliphatic carbocycles. The second-order valence-corrected chi connectivity index (χ2v) is 4.78. The molecule has 100 valence electrons. The third-order valence-electron chi connectivity index (χ3n) is 3.09. The van der Waals surface area contributed by atoms with E-state index in [0.717, 1.165) is 0 Å². The highest BCUT2D eigenvalue weighted by Gasteiger charge is 2.32. The molecule has 1 fully saturated rings. The molecule has 1 aliphatic heterocycles. The molecule has 0 bridgehead atoms. The van der Waals surface area contributed by atoms with Crippen LogP contribution in [0.4, 0.5) is 13.2 Å². The molecule has 2 unspecified atom stereocenters. The fourth-order valence-electron chi connectivity index (χ4n) is 2.13. The summed E-state index contributed by atoms with van der Waals surface area (Å²) in [5.41, 5.74) is 0. The van der Waals surface area contributed by atoms with Gasteiger partial charge in [-0.3, -0.25) is 4.79 Å². The Kier molecular flexibility index (Phi) is 4.80. The Bertz CT molecular complexity index is 266. The largest absolute Gasteiger partial charge is 0.389 e. The van der Waals surface area contributed by atoms with Gasteiger partial charge in [-0.05, 0) is 31.7 Å².